The third-order valence-electron chi connectivity index (χ3n) is 4.79. The molecule has 2 aromatic rings. The number of fused-ring (bicyclic) bond motifs is 1. The molecule has 2 heterocycles. The van der Waals surface area contributed by atoms with Crippen molar-refractivity contribution in [3.63, 3.8) is 0 Å². The van der Waals surface area contributed by atoms with Gasteiger partial charge in [0.1, 0.15) is 5.82 Å². The summed E-state index contributed by atoms with van der Waals surface area (Å²) in [7, 11) is 0. The maximum Gasteiger partial charge on any atom is 0.127 e. The fourth-order valence-electron chi connectivity index (χ4n) is 3.58. The van der Waals surface area contributed by atoms with Crippen molar-refractivity contribution in [2.24, 2.45) is 5.92 Å². The molecule has 1 fully saturated rings. The lowest BCUT2D eigenvalue weighted by Crippen LogP contribution is -2.33. The van der Waals surface area contributed by atoms with Crippen LogP contribution in [0.3, 0.4) is 0 Å². The zero-order valence-electron chi connectivity index (χ0n) is 13.7. The number of hydrogen-bond acceptors (Lipinski definition) is 2. The summed E-state index contributed by atoms with van der Waals surface area (Å²) in [5.41, 5.74) is 3.69. The van der Waals surface area contributed by atoms with Crippen molar-refractivity contribution < 1.29 is 0 Å². The second-order valence-corrected chi connectivity index (χ2v) is 6.73. The van der Waals surface area contributed by atoms with Crippen LogP contribution >= 0.6 is 0 Å². The predicted octanol–water partition coefficient (Wildman–Crippen LogP) is 4.38. The molecule has 1 aromatic carbocycles. The van der Waals surface area contributed by atoms with Crippen LogP contribution in [0.2, 0.25) is 0 Å². The van der Waals surface area contributed by atoms with Gasteiger partial charge < -0.3 is 9.88 Å². The maximum atomic E-state index is 4.99. The van der Waals surface area contributed by atoms with Crippen LogP contribution in [0.1, 0.15) is 63.5 Å². The highest BCUT2D eigenvalue weighted by Gasteiger charge is 2.27. The summed E-state index contributed by atoms with van der Waals surface area (Å²) in [4.78, 5) is 4.99. The molecule has 2 unspecified atom stereocenters. The molecule has 1 saturated heterocycles. The smallest absolute Gasteiger partial charge is 0.127 e. The monoisotopic (exact) mass is 285 g/mol. The Kier molecular flexibility index (Phi) is 4.03. The highest BCUT2D eigenvalue weighted by molar-refractivity contribution is 5.77. The Morgan fingerprint density at radius 2 is 2.19 bits per heavy atom. The molecule has 1 N–H and O–H groups in total. The van der Waals surface area contributed by atoms with E-state index in [9.17, 15) is 0 Å². The highest BCUT2D eigenvalue weighted by Crippen LogP contribution is 2.32. The average molecular weight is 285 g/mol. The molecule has 3 nitrogen and oxygen atoms in total. The topological polar surface area (TPSA) is 29.9 Å². The normalized spacial score (nSPS) is 23.1. The van der Waals surface area contributed by atoms with Gasteiger partial charge in [-0.05, 0) is 63.8 Å². The van der Waals surface area contributed by atoms with Crippen LogP contribution in [0.4, 0.5) is 0 Å². The van der Waals surface area contributed by atoms with E-state index in [1.807, 2.05) is 0 Å². The largest absolute Gasteiger partial charge is 0.324 e. The first-order valence-electron chi connectivity index (χ1n) is 8.32. The number of aromatic nitrogens is 2. The molecule has 0 bridgehead atoms. The molecule has 0 radical (unpaired) electrons. The molecular formula is C18H27N3. The van der Waals surface area contributed by atoms with E-state index >= 15 is 0 Å². The molecule has 0 aliphatic carbocycles. The summed E-state index contributed by atoms with van der Waals surface area (Å²) in [5.74, 6) is 2.06. The fraction of sp³-hybridized carbons (Fsp3) is 0.611. The van der Waals surface area contributed by atoms with Crippen LogP contribution < -0.4 is 5.32 Å². The summed E-state index contributed by atoms with van der Waals surface area (Å²) < 4.78 is 2.42. The van der Waals surface area contributed by atoms with E-state index in [2.05, 4.69) is 55.8 Å². The summed E-state index contributed by atoms with van der Waals surface area (Å²) in [6.07, 6.45) is 3.79. The van der Waals surface area contributed by atoms with Gasteiger partial charge in [0.2, 0.25) is 0 Å². The number of imidazole rings is 1. The quantitative estimate of drug-likeness (QED) is 0.907. The Morgan fingerprint density at radius 3 is 2.90 bits per heavy atom. The summed E-state index contributed by atoms with van der Waals surface area (Å²) in [6, 6.07) is 7.46. The number of hydrogen-bond donors (Lipinski definition) is 1. The van der Waals surface area contributed by atoms with Gasteiger partial charge in [-0.25, -0.2) is 4.98 Å². The summed E-state index contributed by atoms with van der Waals surface area (Å²) in [6.45, 7) is 10.1. The Bertz CT molecular complexity index is 627. The summed E-state index contributed by atoms with van der Waals surface area (Å²) in [5, 5.41) is 3.69. The van der Waals surface area contributed by atoms with Crippen molar-refractivity contribution in [1.82, 2.24) is 14.9 Å². The Morgan fingerprint density at radius 1 is 1.38 bits per heavy atom. The van der Waals surface area contributed by atoms with Gasteiger partial charge in [0.25, 0.3) is 0 Å². The molecule has 114 valence electrons. The molecule has 3 rings (SSSR count). The molecule has 1 aliphatic rings. The van der Waals surface area contributed by atoms with Gasteiger partial charge in [-0.1, -0.05) is 19.4 Å². The molecule has 1 aliphatic heterocycles. The molecule has 3 heteroatoms. The molecule has 21 heavy (non-hydrogen) atoms. The van der Waals surface area contributed by atoms with Crippen molar-refractivity contribution in [2.75, 3.05) is 6.54 Å². The predicted molar refractivity (Wildman–Crippen MR) is 88.6 cm³/mol. The maximum absolute atomic E-state index is 4.99. The van der Waals surface area contributed by atoms with E-state index in [1.165, 1.54) is 36.2 Å². The van der Waals surface area contributed by atoms with Crippen LogP contribution in [0, 0.1) is 12.8 Å². The fourth-order valence-corrected chi connectivity index (χ4v) is 3.58. The lowest BCUT2D eigenvalue weighted by Gasteiger charge is -2.30. The molecule has 0 saturated carbocycles. The molecular weight excluding hydrogens is 258 g/mol. The van der Waals surface area contributed by atoms with Crippen LogP contribution in [0.25, 0.3) is 11.0 Å². The minimum atomic E-state index is 0.402. The highest BCUT2D eigenvalue weighted by atomic mass is 15.1. The minimum absolute atomic E-state index is 0.402. The van der Waals surface area contributed by atoms with E-state index < -0.39 is 0 Å². The lowest BCUT2D eigenvalue weighted by molar-refractivity contribution is 0.284. The number of nitrogens with one attached hydrogen (secondary N) is 1. The zero-order valence-corrected chi connectivity index (χ0v) is 13.7. The van der Waals surface area contributed by atoms with Crippen LogP contribution in [-0.4, -0.2) is 16.1 Å². The van der Waals surface area contributed by atoms with Gasteiger partial charge in [0.05, 0.1) is 17.1 Å². The third-order valence-corrected chi connectivity index (χ3v) is 4.79. The first-order valence-corrected chi connectivity index (χ1v) is 8.32. The lowest BCUT2D eigenvalue weighted by atomic mass is 9.90. The summed E-state index contributed by atoms with van der Waals surface area (Å²) >= 11 is 0. The number of nitrogens with zero attached hydrogens (tertiary/aromatic N) is 2. The second kappa shape index (κ2) is 5.80. The van der Waals surface area contributed by atoms with Gasteiger partial charge in [-0.3, -0.25) is 0 Å². The Balaban J connectivity index is 2.06. The van der Waals surface area contributed by atoms with E-state index in [0.29, 0.717) is 12.1 Å². The van der Waals surface area contributed by atoms with Crippen LogP contribution in [-0.2, 0) is 0 Å². The first-order chi connectivity index (χ1) is 10.1. The third kappa shape index (κ3) is 2.71. The van der Waals surface area contributed by atoms with Gasteiger partial charge >= 0.3 is 0 Å². The van der Waals surface area contributed by atoms with E-state index in [-0.39, 0.29) is 0 Å². The van der Waals surface area contributed by atoms with Gasteiger partial charge in [-0.15, -0.1) is 0 Å². The van der Waals surface area contributed by atoms with Gasteiger partial charge in [0.15, 0.2) is 0 Å². The second-order valence-electron chi connectivity index (χ2n) is 6.73. The van der Waals surface area contributed by atoms with Crippen molar-refractivity contribution in [3.8, 4) is 0 Å². The molecule has 2 atom stereocenters. The van der Waals surface area contributed by atoms with Gasteiger partial charge in [-0.2, -0.15) is 0 Å². The van der Waals surface area contributed by atoms with Crippen molar-refractivity contribution in [2.45, 2.75) is 59.0 Å². The van der Waals surface area contributed by atoms with Crippen molar-refractivity contribution in [3.05, 3.63) is 29.6 Å². The Hall–Kier alpha value is -1.35. The Labute approximate surface area is 127 Å². The molecule has 0 spiro atoms. The SMILES string of the molecule is CCC1CCNC(c2nc3cc(C)ccc3n2C(C)C)C1. The molecule has 1 aromatic heterocycles. The first kappa shape index (κ1) is 14.6. The van der Waals surface area contributed by atoms with Crippen LogP contribution in [0.5, 0.6) is 0 Å². The van der Waals surface area contributed by atoms with Crippen molar-refractivity contribution in [1.29, 1.82) is 0 Å². The van der Waals surface area contributed by atoms with E-state index in [4.69, 9.17) is 4.98 Å². The number of benzene rings is 1. The van der Waals surface area contributed by atoms with Gasteiger partial charge in [0, 0.05) is 6.04 Å². The standard InChI is InChI=1S/C18H27N3/c1-5-14-8-9-19-16(11-14)18-20-15-10-13(4)6-7-17(15)21(18)12(2)3/h6-7,10,12,14,16,19H,5,8-9,11H2,1-4H3. The minimum Gasteiger partial charge on any atom is -0.324 e. The zero-order chi connectivity index (χ0) is 15.0. The van der Waals surface area contributed by atoms with E-state index in [0.717, 1.165) is 18.0 Å². The number of rotatable bonds is 3. The average Bonchev–Trinajstić information content (AvgIpc) is 2.85. The molecule has 0 amide bonds. The number of piperidine rings is 1. The van der Waals surface area contributed by atoms with Crippen molar-refractivity contribution >= 4 is 11.0 Å². The number of aryl methyl sites for hydroxylation is 1. The van der Waals surface area contributed by atoms with E-state index in [1.54, 1.807) is 0 Å². The van der Waals surface area contributed by atoms with Crippen LogP contribution in [0.15, 0.2) is 18.2 Å².